The molecule has 1 aromatic heterocycles. The Labute approximate surface area is 167 Å². The van der Waals surface area contributed by atoms with E-state index in [1.807, 2.05) is 37.3 Å². The zero-order valence-corrected chi connectivity index (χ0v) is 16.6. The Morgan fingerprint density at radius 1 is 1.21 bits per heavy atom. The van der Waals surface area contributed by atoms with E-state index in [0.29, 0.717) is 25.7 Å². The van der Waals surface area contributed by atoms with E-state index in [2.05, 4.69) is 27.4 Å². The van der Waals surface area contributed by atoms with Crippen LogP contribution in [0.5, 0.6) is 5.75 Å². The van der Waals surface area contributed by atoms with Gasteiger partial charge in [-0.15, -0.1) is 0 Å². The number of pyridine rings is 1. The van der Waals surface area contributed by atoms with Gasteiger partial charge in [0.1, 0.15) is 5.75 Å². The molecule has 1 saturated heterocycles. The topological polar surface area (TPSA) is 81.8 Å². The number of nitrogens with one attached hydrogen (secondary N) is 1. The summed E-state index contributed by atoms with van der Waals surface area (Å²) in [7, 11) is 0. The molecule has 2 heterocycles. The van der Waals surface area contributed by atoms with Gasteiger partial charge in [0.15, 0.2) is 5.96 Å². The molecule has 1 aliphatic rings. The largest absolute Gasteiger partial charge is 0.494 e. The summed E-state index contributed by atoms with van der Waals surface area (Å²) in [5.41, 5.74) is 8.39. The second-order valence-corrected chi connectivity index (χ2v) is 7.05. The Kier molecular flexibility index (Phi) is 7.25. The van der Waals surface area contributed by atoms with Crippen LogP contribution in [0.2, 0.25) is 0 Å². The van der Waals surface area contributed by atoms with Crippen LogP contribution in [0.4, 0.5) is 0 Å². The van der Waals surface area contributed by atoms with E-state index in [4.69, 9.17) is 15.2 Å². The van der Waals surface area contributed by atoms with Gasteiger partial charge in [-0.25, -0.2) is 0 Å². The Hall–Kier alpha value is -2.60. The monoisotopic (exact) mass is 382 g/mol. The van der Waals surface area contributed by atoms with Crippen LogP contribution in [0, 0.1) is 0 Å². The highest BCUT2D eigenvalue weighted by Gasteiger charge is 2.34. The molecule has 0 spiro atoms. The summed E-state index contributed by atoms with van der Waals surface area (Å²) in [5.74, 6) is 1.38. The smallest absolute Gasteiger partial charge is 0.188 e. The lowest BCUT2D eigenvalue weighted by Crippen LogP contribution is -2.39. The number of nitrogens with two attached hydrogens (primary N) is 1. The number of hydrogen-bond acceptors (Lipinski definition) is 4. The molecule has 1 aliphatic heterocycles. The standard InChI is InChI=1S/C22H30N4O2/c1-2-28-20-8-6-18(7-9-20)22(11-15-27-16-12-22)17-26-21(23)25-14-10-19-5-3-4-13-24-19/h3-9,13H,2,10-12,14-17H2,1H3,(H3,23,25,26). The van der Waals surface area contributed by atoms with Gasteiger partial charge < -0.3 is 20.5 Å². The minimum absolute atomic E-state index is 0.0454. The first-order chi connectivity index (χ1) is 13.7. The third kappa shape index (κ3) is 5.45. The fourth-order valence-corrected chi connectivity index (χ4v) is 3.53. The van der Waals surface area contributed by atoms with Crippen molar-refractivity contribution in [3.8, 4) is 5.75 Å². The fourth-order valence-electron chi connectivity index (χ4n) is 3.53. The number of aliphatic imine (C=N–C) groups is 1. The molecule has 0 amide bonds. The van der Waals surface area contributed by atoms with Crippen molar-refractivity contribution >= 4 is 5.96 Å². The maximum atomic E-state index is 6.12. The summed E-state index contributed by atoms with van der Waals surface area (Å²) in [5, 5.41) is 3.20. The molecule has 1 aromatic carbocycles. The molecule has 0 unspecified atom stereocenters. The van der Waals surface area contributed by atoms with Crippen molar-refractivity contribution in [2.75, 3.05) is 32.9 Å². The lowest BCUT2D eigenvalue weighted by atomic mass is 9.74. The Bertz CT molecular complexity index is 741. The van der Waals surface area contributed by atoms with Crippen LogP contribution in [0.15, 0.2) is 53.7 Å². The summed E-state index contributed by atoms with van der Waals surface area (Å²) in [6, 6.07) is 14.3. The normalized spacial score (nSPS) is 16.5. The van der Waals surface area contributed by atoms with Gasteiger partial charge in [-0.2, -0.15) is 0 Å². The number of nitrogens with zero attached hydrogens (tertiary/aromatic N) is 2. The molecular weight excluding hydrogens is 352 g/mol. The van der Waals surface area contributed by atoms with Crippen LogP contribution < -0.4 is 15.8 Å². The van der Waals surface area contributed by atoms with E-state index in [1.54, 1.807) is 6.20 Å². The molecule has 0 bridgehead atoms. The van der Waals surface area contributed by atoms with E-state index in [1.165, 1.54) is 5.56 Å². The van der Waals surface area contributed by atoms with Crippen LogP contribution >= 0.6 is 0 Å². The van der Waals surface area contributed by atoms with Gasteiger partial charge in [-0.1, -0.05) is 18.2 Å². The minimum Gasteiger partial charge on any atom is -0.494 e. The minimum atomic E-state index is -0.0454. The molecule has 1 fully saturated rings. The third-order valence-electron chi connectivity index (χ3n) is 5.19. The van der Waals surface area contributed by atoms with Crippen molar-refractivity contribution in [2.24, 2.45) is 10.7 Å². The summed E-state index contributed by atoms with van der Waals surface area (Å²) in [4.78, 5) is 8.98. The van der Waals surface area contributed by atoms with Crippen LogP contribution in [0.1, 0.15) is 31.0 Å². The molecule has 0 aliphatic carbocycles. The highest BCUT2D eigenvalue weighted by atomic mass is 16.5. The summed E-state index contributed by atoms with van der Waals surface area (Å²) in [6.07, 6.45) is 4.49. The van der Waals surface area contributed by atoms with E-state index < -0.39 is 0 Å². The predicted molar refractivity (Wildman–Crippen MR) is 112 cm³/mol. The highest BCUT2D eigenvalue weighted by Crippen LogP contribution is 2.36. The summed E-state index contributed by atoms with van der Waals surface area (Å²) < 4.78 is 11.2. The van der Waals surface area contributed by atoms with Gasteiger partial charge in [0.05, 0.1) is 13.2 Å². The van der Waals surface area contributed by atoms with Crippen molar-refractivity contribution in [2.45, 2.75) is 31.6 Å². The van der Waals surface area contributed by atoms with Crippen molar-refractivity contribution in [3.05, 3.63) is 59.9 Å². The van der Waals surface area contributed by atoms with Crippen molar-refractivity contribution in [1.82, 2.24) is 10.3 Å². The first kappa shape index (κ1) is 20.1. The number of guanidine groups is 1. The lowest BCUT2D eigenvalue weighted by molar-refractivity contribution is 0.0531. The first-order valence-corrected chi connectivity index (χ1v) is 9.97. The van der Waals surface area contributed by atoms with Crippen LogP contribution in [-0.2, 0) is 16.6 Å². The maximum absolute atomic E-state index is 6.12. The summed E-state index contributed by atoms with van der Waals surface area (Å²) >= 11 is 0. The Morgan fingerprint density at radius 3 is 2.68 bits per heavy atom. The van der Waals surface area contributed by atoms with Gasteiger partial charge >= 0.3 is 0 Å². The molecule has 3 N–H and O–H groups in total. The molecule has 0 atom stereocenters. The third-order valence-corrected chi connectivity index (χ3v) is 5.19. The van der Waals surface area contributed by atoms with Gasteiger partial charge in [0.2, 0.25) is 0 Å². The van der Waals surface area contributed by atoms with Crippen molar-refractivity contribution < 1.29 is 9.47 Å². The number of benzene rings is 1. The summed E-state index contributed by atoms with van der Waals surface area (Å²) in [6.45, 7) is 5.51. The molecule has 2 aromatic rings. The first-order valence-electron chi connectivity index (χ1n) is 9.97. The average molecular weight is 383 g/mol. The molecule has 6 heteroatoms. The van der Waals surface area contributed by atoms with Crippen molar-refractivity contribution in [3.63, 3.8) is 0 Å². The maximum Gasteiger partial charge on any atom is 0.188 e. The van der Waals surface area contributed by atoms with E-state index in [9.17, 15) is 0 Å². The molecule has 150 valence electrons. The second kappa shape index (κ2) is 10.1. The molecule has 3 rings (SSSR count). The Balaban J connectivity index is 1.62. The average Bonchev–Trinajstić information content (AvgIpc) is 2.74. The Morgan fingerprint density at radius 2 is 2.00 bits per heavy atom. The SMILES string of the molecule is CCOc1ccc(C2(CN=C(N)NCCc3ccccn3)CCOCC2)cc1. The van der Waals surface area contributed by atoms with E-state index in [0.717, 1.165) is 43.9 Å². The zero-order valence-electron chi connectivity index (χ0n) is 16.6. The number of rotatable bonds is 8. The van der Waals surface area contributed by atoms with E-state index >= 15 is 0 Å². The fraction of sp³-hybridized carbons (Fsp3) is 0.455. The van der Waals surface area contributed by atoms with Gasteiger partial charge in [-0.05, 0) is 49.6 Å². The van der Waals surface area contributed by atoms with Gasteiger partial charge in [-0.3, -0.25) is 9.98 Å². The molecular formula is C22H30N4O2. The van der Waals surface area contributed by atoms with Crippen LogP contribution in [0.25, 0.3) is 0 Å². The zero-order chi connectivity index (χ0) is 19.7. The number of hydrogen-bond donors (Lipinski definition) is 2. The molecule has 0 saturated carbocycles. The van der Waals surface area contributed by atoms with Gasteiger partial charge in [0, 0.05) is 43.5 Å². The number of aromatic nitrogens is 1. The molecule has 6 nitrogen and oxygen atoms in total. The molecule has 28 heavy (non-hydrogen) atoms. The quantitative estimate of drug-likeness (QED) is 0.542. The number of ether oxygens (including phenoxy) is 2. The van der Waals surface area contributed by atoms with Crippen LogP contribution in [0.3, 0.4) is 0 Å². The van der Waals surface area contributed by atoms with Crippen molar-refractivity contribution in [1.29, 1.82) is 0 Å². The lowest BCUT2D eigenvalue weighted by Gasteiger charge is -2.36. The predicted octanol–water partition coefficient (Wildman–Crippen LogP) is 2.68. The molecule has 0 radical (unpaired) electrons. The highest BCUT2D eigenvalue weighted by molar-refractivity contribution is 5.77. The van der Waals surface area contributed by atoms with Crippen LogP contribution in [-0.4, -0.2) is 43.9 Å². The van der Waals surface area contributed by atoms with E-state index in [-0.39, 0.29) is 5.41 Å². The second-order valence-electron chi connectivity index (χ2n) is 7.05. The van der Waals surface area contributed by atoms with Gasteiger partial charge in [0.25, 0.3) is 0 Å².